The van der Waals surface area contributed by atoms with Crippen LogP contribution in [0.25, 0.3) is 16.9 Å². The van der Waals surface area contributed by atoms with E-state index >= 15 is 0 Å². The zero-order valence-electron chi connectivity index (χ0n) is 19.5. The first-order valence-corrected chi connectivity index (χ1v) is 12.4. The second-order valence-electron chi connectivity index (χ2n) is 8.09. The molecule has 2 aromatic heterocycles. The van der Waals surface area contributed by atoms with Crippen molar-refractivity contribution in [3.8, 4) is 16.9 Å². The van der Waals surface area contributed by atoms with E-state index in [-0.39, 0.29) is 11.5 Å². The van der Waals surface area contributed by atoms with Gasteiger partial charge in [-0.1, -0.05) is 71.5 Å². The van der Waals surface area contributed by atoms with Crippen LogP contribution in [0.4, 0.5) is 15.8 Å². The van der Waals surface area contributed by atoms with Gasteiger partial charge >= 0.3 is 0 Å². The molecule has 5 aromatic rings. The van der Waals surface area contributed by atoms with Gasteiger partial charge < -0.3 is 10.6 Å². The first-order valence-electron chi connectivity index (χ1n) is 11.2. The fourth-order valence-electron chi connectivity index (χ4n) is 3.85. The van der Waals surface area contributed by atoms with Crippen molar-refractivity contribution in [2.24, 2.45) is 7.05 Å². The highest BCUT2D eigenvalue weighted by molar-refractivity contribution is 7.20. The first-order chi connectivity index (χ1) is 17.4. The summed E-state index contributed by atoms with van der Waals surface area (Å²) in [7, 11) is 1.84. The molecule has 1 amide bonds. The van der Waals surface area contributed by atoms with Gasteiger partial charge in [-0.05, 0) is 43.3 Å². The van der Waals surface area contributed by atoms with Crippen LogP contribution in [0, 0.1) is 6.92 Å². The Kier molecular flexibility index (Phi) is 6.45. The van der Waals surface area contributed by atoms with E-state index in [0.717, 1.165) is 16.9 Å². The molecule has 0 bridgehead atoms. The number of nitrogens with zero attached hydrogens (tertiary/aromatic N) is 3. The molecule has 0 saturated carbocycles. The van der Waals surface area contributed by atoms with Crippen LogP contribution in [0.1, 0.15) is 16.1 Å². The van der Waals surface area contributed by atoms with Crippen molar-refractivity contribution in [1.29, 1.82) is 0 Å². The molecular weight excluding hydrogens is 494 g/mol. The quantitative estimate of drug-likeness (QED) is 0.280. The van der Waals surface area contributed by atoms with Crippen molar-refractivity contribution in [3.05, 3.63) is 112 Å². The molecule has 0 aliphatic rings. The Morgan fingerprint density at radius 3 is 2.25 bits per heavy atom. The smallest absolute Gasteiger partial charge is 0.295 e. The molecule has 180 valence electrons. The molecule has 2 N–H and O–H groups in total. The molecule has 2 heterocycles. The summed E-state index contributed by atoms with van der Waals surface area (Å²) in [6.45, 7) is 1.87. The minimum absolute atomic E-state index is 0.190. The third-order valence-corrected chi connectivity index (χ3v) is 6.93. The standard InChI is InChI=1S/C27H22ClN5O2S/c1-17-22(26(35)33(32(17)2)21-11-7-4-8-12-21)29-27-30-23(18-9-5-3-6-10-18)25(36-27)31-24(34)19-13-15-20(28)16-14-19/h3-16H,1-2H3,(H,29,30)(H,31,34). The van der Waals surface area contributed by atoms with Crippen LogP contribution in [0.15, 0.2) is 89.7 Å². The fourth-order valence-corrected chi connectivity index (χ4v) is 4.86. The number of hydrogen-bond donors (Lipinski definition) is 2. The van der Waals surface area contributed by atoms with Gasteiger partial charge in [-0.25, -0.2) is 9.67 Å². The van der Waals surface area contributed by atoms with Crippen molar-refractivity contribution >= 4 is 44.7 Å². The Labute approximate surface area is 216 Å². The van der Waals surface area contributed by atoms with E-state index in [4.69, 9.17) is 16.6 Å². The van der Waals surface area contributed by atoms with Gasteiger partial charge in [-0.15, -0.1) is 0 Å². The Hall–Kier alpha value is -4.14. The first kappa shape index (κ1) is 23.6. The maximum atomic E-state index is 13.3. The molecule has 0 aliphatic carbocycles. The van der Waals surface area contributed by atoms with Crippen molar-refractivity contribution in [3.63, 3.8) is 0 Å². The maximum absolute atomic E-state index is 13.3. The van der Waals surface area contributed by atoms with E-state index in [0.29, 0.717) is 32.1 Å². The molecule has 3 aromatic carbocycles. The number of anilines is 3. The normalized spacial score (nSPS) is 10.9. The van der Waals surface area contributed by atoms with Crippen LogP contribution in [0.3, 0.4) is 0 Å². The van der Waals surface area contributed by atoms with Gasteiger partial charge in [0.25, 0.3) is 11.5 Å². The van der Waals surface area contributed by atoms with Crippen molar-refractivity contribution in [2.75, 3.05) is 10.6 Å². The molecule has 0 atom stereocenters. The Balaban J connectivity index is 1.52. The van der Waals surface area contributed by atoms with Gasteiger partial charge in [-0.2, -0.15) is 0 Å². The molecule has 9 heteroatoms. The lowest BCUT2D eigenvalue weighted by molar-refractivity contribution is 0.102. The number of thiazole rings is 1. The monoisotopic (exact) mass is 515 g/mol. The van der Waals surface area contributed by atoms with Crippen LogP contribution in [0.2, 0.25) is 5.02 Å². The molecule has 5 rings (SSSR count). The predicted octanol–water partition coefficient (Wildman–Crippen LogP) is 6.26. The third-order valence-electron chi connectivity index (χ3n) is 5.79. The lowest BCUT2D eigenvalue weighted by atomic mass is 10.1. The summed E-state index contributed by atoms with van der Waals surface area (Å²) in [5, 5.41) is 7.79. The summed E-state index contributed by atoms with van der Waals surface area (Å²) in [5.41, 5.74) is 3.69. The Morgan fingerprint density at radius 2 is 1.58 bits per heavy atom. The number of amides is 1. The highest BCUT2D eigenvalue weighted by Gasteiger charge is 2.21. The topological polar surface area (TPSA) is 81.0 Å². The number of carbonyl (C=O) groups is 1. The van der Waals surface area contributed by atoms with E-state index in [9.17, 15) is 9.59 Å². The number of rotatable bonds is 6. The third kappa shape index (κ3) is 4.56. The number of carbonyl (C=O) groups excluding carboxylic acids is 1. The van der Waals surface area contributed by atoms with E-state index in [1.54, 1.807) is 33.6 Å². The van der Waals surface area contributed by atoms with Crippen LogP contribution in [0.5, 0.6) is 0 Å². The number of para-hydroxylation sites is 1. The molecule has 0 spiro atoms. The minimum Gasteiger partial charge on any atom is -0.325 e. The maximum Gasteiger partial charge on any atom is 0.295 e. The molecule has 0 saturated heterocycles. The lowest BCUT2D eigenvalue weighted by Gasteiger charge is -2.07. The summed E-state index contributed by atoms with van der Waals surface area (Å²) >= 11 is 7.23. The molecule has 0 unspecified atom stereocenters. The van der Waals surface area contributed by atoms with Gasteiger partial charge in [-0.3, -0.25) is 14.3 Å². The van der Waals surface area contributed by atoms with Crippen LogP contribution >= 0.6 is 22.9 Å². The highest BCUT2D eigenvalue weighted by atomic mass is 35.5. The second kappa shape index (κ2) is 9.85. The average Bonchev–Trinajstić information content (AvgIpc) is 3.39. The van der Waals surface area contributed by atoms with Crippen LogP contribution in [-0.4, -0.2) is 20.3 Å². The van der Waals surface area contributed by atoms with E-state index in [2.05, 4.69) is 10.6 Å². The van der Waals surface area contributed by atoms with Gasteiger partial charge in [0, 0.05) is 23.2 Å². The van der Waals surface area contributed by atoms with Crippen molar-refractivity contribution in [1.82, 2.24) is 14.3 Å². The molecular formula is C27H22ClN5O2S. The van der Waals surface area contributed by atoms with Gasteiger partial charge in [0.1, 0.15) is 16.4 Å². The van der Waals surface area contributed by atoms with E-state index < -0.39 is 0 Å². The lowest BCUT2D eigenvalue weighted by Crippen LogP contribution is -2.20. The van der Waals surface area contributed by atoms with Gasteiger partial charge in [0.05, 0.1) is 11.4 Å². The number of hydrogen-bond acceptors (Lipinski definition) is 5. The minimum atomic E-state index is -0.277. The molecule has 0 aliphatic heterocycles. The SMILES string of the molecule is Cc1c(Nc2nc(-c3ccccc3)c(NC(=O)c3ccc(Cl)cc3)s2)c(=O)n(-c2ccccc2)n1C. The summed E-state index contributed by atoms with van der Waals surface area (Å²) in [4.78, 5) is 31.0. The summed E-state index contributed by atoms with van der Waals surface area (Å²) in [6.07, 6.45) is 0. The van der Waals surface area contributed by atoms with E-state index in [1.165, 1.54) is 11.3 Å². The number of benzene rings is 3. The molecule has 36 heavy (non-hydrogen) atoms. The molecule has 0 fully saturated rings. The van der Waals surface area contributed by atoms with Crippen molar-refractivity contribution < 1.29 is 4.79 Å². The van der Waals surface area contributed by atoms with Crippen molar-refractivity contribution in [2.45, 2.75) is 6.92 Å². The van der Waals surface area contributed by atoms with Crippen LogP contribution in [-0.2, 0) is 7.05 Å². The van der Waals surface area contributed by atoms with Gasteiger partial charge in [0.15, 0.2) is 5.13 Å². The molecule has 7 nitrogen and oxygen atoms in total. The van der Waals surface area contributed by atoms with Crippen LogP contribution < -0.4 is 16.2 Å². The number of nitrogens with one attached hydrogen (secondary N) is 2. The predicted molar refractivity (Wildman–Crippen MR) is 146 cm³/mol. The number of halogens is 1. The Morgan fingerprint density at radius 1 is 0.944 bits per heavy atom. The zero-order valence-corrected chi connectivity index (χ0v) is 21.1. The van der Waals surface area contributed by atoms with E-state index in [1.807, 2.05) is 74.6 Å². The zero-order chi connectivity index (χ0) is 25.2. The number of aromatic nitrogens is 3. The van der Waals surface area contributed by atoms with Gasteiger partial charge in [0.2, 0.25) is 0 Å². The Bertz CT molecular complexity index is 1590. The summed E-state index contributed by atoms with van der Waals surface area (Å²) in [5.74, 6) is -0.277. The summed E-state index contributed by atoms with van der Waals surface area (Å²) in [6, 6.07) is 25.7. The molecule has 0 radical (unpaired) electrons. The summed E-state index contributed by atoms with van der Waals surface area (Å²) < 4.78 is 3.40. The largest absolute Gasteiger partial charge is 0.325 e. The average molecular weight is 516 g/mol. The second-order valence-corrected chi connectivity index (χ2v) is 9.52. The fraction of sp³-hybridized carbons (Fsp3) is 0.0741. The highest BCUT2D eigenvalue weighted by Crippen LogP contribution is 2.37.